The van der Waals surface area contributed by atoms with Crippen LogP contribution >= 0.6 is 15.9 Å². The molecule has 0 aliphatic carbocycles. The molecule has 0 saturated carbocycles. The Hall–Kier alpha value is -2.42. The summed E-state index contributed by atoms with van der Waals surface area (Å²) in [6, 6.07) is 6.32. The van der Waals surface area contributed by atoms with E-state index in [1.165, 1.54) is 12.1 Å². The van der Waals surface area contributed by atoms with Gasteiger partial charge in [-0.3, -0.25) is 0 Å². The predicted molar refractivity (Wildman–Crippen MR) is 109 cm³/mol. The SMILES string of the molecule is CC1CCOc2c(cccc2C(F)(F)F)[C@@H](C)Nc2nc1nc1cc(F)c(Br)cc21. The molecule has 2 atom stereocenters. The van der Waals surface area contributed by atoms with Gasteiger partial charge >= 0.3 is 6.18 Å². The third-order valence-corrected chi connectivity index (χ3v) is 5.77. The Labute approximate surface area is 178 Å². The number of nitrogens with one attached hydrogen (secondary N) is 1. The fourth-order valence-corrected chi connectivity index (χ4v) is 3.85. The fraction of sp³-hybridized carbons (Fsp3) is 0.333. The summed E-state index contributed by atoms with van der Waals surface area (Å²) in [5, 5.41) is 3.75. The lowest BCUT2D eigenvalue weighted by Gasteiger charge is -2.22. The summed E-state index contributed by atoms with van der Waals surface area (Å²) in [6.07, 6.45) is -4.13. The molecule has 9 heteroatoms. The van der Waals surface area contributed by atoms with Crippen molar-refractivity contribution in [1.82, 2.24) is 9.97 Å². The average molecular weight is 484 g/mol. The first-order valence-corrected chi connectivity index (χ1v) is 10.2. The molecule has 1 aliphatic heterocycles. The third kappa shape index (κ3) is 3.82. The van der Waals surface area contributed by atoms with E-state index in [1.807, 2.05) is 6.92 Å². The number of rotatable bonds is 0. The Kier molecular flexibility index (Phi) is 5.34. The van der Waals surface area contributed by atoms with Crippen LogP contribution in [0.15, 0.2) is 34.8 Å². The average Bonchev–Trinajstić information content (AvgIpc) is 2.69. The van der Waals surface area contributed by atoms with E-state index in [9.17, 15) is 17.6 Å². The first-order chi connectivity index (χ1) is 14.1. The Morgan fingerprint density at radius 2 is 1.93 bits per heavy atom. The number of hydrogen-bond acceptors (Lipinski definition) is 4. The van der Waals surface area contributed by atoms with Gasteiger partial charge in [-0.05, 0) is 41.4 Å². The quantitative estimate of drug-likeness (QED) is 0.365. The normalized spacial score (nSPS) is 19.4. The predicted octanol–water partition coefficient (Wildman–Crippen LogP) is 6.61. The summed E-state index contributed by atoms with van der Waals surface area (Å²) in [4.78, 5) is 9.08. The second kappa shape index (κ2) is 7.68. The van der Waals surface area contributed by atoms with Crippen LogP contribution in [0.4, 0.5) is 23.4 Å². The van der Waals surface area contributed by atoms with Gasteiger partial charge in [-0.1, -0.05) is 19.1 Å². The number of ether oxygens (including phenoxy) is 1. The molecule has 1 aromatic heterocycles. The zero-order chi connectivity index (χ0) is 21.6. The summed E-state index contributed by atoms with van der Waals surface area (Å²) >= 11 is 3.17. The second-order valence-electron chi connectivity index (χ2n) is 7.34. The van der Waals surface area contributed by atoms with Crippen molar-refractivity contribution in [3.63, 3.8) is 0 Å². The van der Waals surface area contributed by atoms with Crippen LogP contribution < -0.4 is 10.1 Å². The maximum atomic E-state index is 14.1. The van der Waals surface area contributed by atoms with Crippen LogP contribution in [0.3, 0.4) is 0 Å². The van der Waals surface area contributed by atoms with Crippen LogP contribution in [0.25, 0.3) is 10.9 Å². The number of hydrogen-bond donors (Lipinski definition) is 1. The van der Waals surface area contributed by atoms with Gasteiger partial charge in [0, 0.05) is 22.9 Å². The zero-order valence-corrected chi connectivity index (χ0v) is 17.7. The molecule has 30 heavy (non-hydrogen) atoms. The number of anilines is 1. The molecule has 4 rings (SSSR count). The molecule has 1 aliphatic rings. The van der Waals surface area contributed by atoms with Crippen molar-refractivity contribution in [3.05, 3.63) is 57.6 Å². The summed E-state index contributed by atoms with van der Waals surface area (Å²) in [6.45, 7) is 3.66. The highest BCUT2D eigenvalue weighted by Gasteiger charge is 2.36. The number of benzene rings is 2. The van der Waals surface area contributed by atoms with Crippen LogP contribution in [0, 0.1) is 5.82 Å². The van der Waals surface area contributed by atoms with Gasteiger partial charge in [0.2, 0.25) is 0 Å². The van der Waals surface area contributed by atoms with Crippen molar-refractivity contribution >= 4 is 32.7 Å². The smallest absolute Gasteiger partial charge is 0.419 e. The van der Waals surface area contributed by atoms with Crippen LogP contribution in [0.5, 0.6) is 5.75 Å². The van der Waals surface area contributed by atoms with Gasteiger partial charge in [-0.15, -0.1) is 0 Å². The molecule has 1 N–H and O–H groups in total. The zero-order valence-electron chi connectivity index (χ0n) is 16.1. The molecule has 3 aromatic rings. The Morgan fingerprint density at radius 1 is 1.17 bits per heavy atom. The molecule has 4 nitrogen and oxygen atoms in total. The lowest BCUT2D eigenvalue weighted by Crippen LogP contribution is -2.15. The summed E-state index contributed by atoms with van der Waals surface area (Å²) in [5.74, 6) is 0.0738. The van der Waals surface area contributed by atoms with Crippen LogP contribution in [-0.2, 0) is 6.18 Å². The molecule has 0 radical (unpaired) electrons. The molecular weight excluding hydrogens is 466 g/mol. The lowest BCUT2D eigenvalue weighted by molar-refractivity contribution is -0.139. The Morgan fingerprint density at radius 3 is 2.67 bits per heavy atom. The summed E-state index contributed by atoms with van der Waals surface area (Å²) in [5.41, 5.74) is -0.0198. The fourth-order valence-electron chi connectivity index (χ4n) is 3.50. The minimum absolute atomic E-state index is 0.0689. The molecule has 2 aromatic carbocycles. The van der Waals surface area contributed by atoms with E-state index in [0.29, 0.717) is 34.5 Å². The summed E-state index contributed by atoms with van der Waals surface area (Å²) in [7, 11) is 0. The van der Waals surface area contributed by atoms with Crippen molar-refractivity contribution in [2.24, 2.45) is 0 Å². The maximum Gasteiger partial charge on any atom is 0.419 e. The van der Waals surface area contributed by atoms with E-state index in [2.05, 4.69) is 31.2 Å². The van der Waals surface area contributed by atoms with E-state index in [1.54, 1.807) is 19.1 Å². The van der Waals surface area contributed by atoms with Gasteiger partial charge < -0.3 is 10.1 Å². The molecule has 158 valence electrons. The first-order valence-electron chi connectivity index (χ1n) is 9.41. The van der Waals surface area contributed by atoms with Gasteiger partial charge in [0.25, 0.3) is 0 Å². The van der Waals surface area contributed by atoms with E-state index in [4.69, 9.17) is 4.74 Å². The third-order valence-electron chi connectivity index (χ3n) is 5.16. The van der Waals surface area contributed by atoms with Gasteiger partial charge in [-0.2, -0.15) is 13.2 Å². The number of aromatic nitrogens is 2. The maximum absolute atomic E-state index is 14.1. The number of halogens is 5. The van der Waals surface area contributed by atoms with Crippen molar-refractivity contribution in [1.29, 1.82) is 0 Å². The topological polar surface area (TPSA) is 47.0 Å². The van der Waals surface area contributed by atoms with Crippen molar-refractivity contribution < 1.29 is 22.3 Å². The Balaban J connectivity index is 1.90. The number of alkyl halides is 3. The molecule has 1 unspecified atom stereocenters. The van der Waals surface area contributed by atoms with Gasteiger partial charge in [-0.25, -0.2) is 14.4 Å². The van der Waals surface area contributed by atoms with E-state index >= 15 is 0 Å². The van der Waals surface area contributed by atoms with E-state index in [0.717, 1.165) is 6.07 Å². The van der Waals surface area contributed by atoms with Crippen molar-refractivity contribution in [2.75, 3.05) is 11.9 Å². The minimum atomic E-state index is -4.54. The van der Waals surface area contributed by atoms with Gasteiger partial charge in [0.15, 0.2) is 0 Å². The second-order valence-corrected chi connectivity index (χ2v) is 8.19. The number of para-hydroxylation sites is 1. The highest BCUT2D eigenvalue weighted by molar-refractivity contribution is 9.10. The van der Waals surface area contributed by atoms with Gasteiger partial charge in [0.05, 0.1) is 28.2 Å². The molecule has 0 amide bonds. The van der Waals surface area contributed by atoms with Crippen LogP contribution in [0.1, 0.15) is 49.2 Å². The van der Waals surface area contributed by atoms with Crippen molar-refractivity contribution in [2.45, 2.75) is 38.4 Å². The lowest BCUT2D eigenvalue weighted by atomic mass is 10.0. The molecule has 2 bridgehead atoms. The van der Waals surface area contributed by atoms with Crippen molar-refractivity contribution in [3.8, 4) is 5.75 Å². The molecule has 2 heterocycles. The highest BCUT2D eigenvalue weighted by Crippen LogP contribution is 2.42. The summed E-state index contributed by atoms with van der Waals surface area (Å²) < 4.78 is 60.8. The van der Waals surface area contributed by atoms with E-state index < -0.39 is 23.6 Å². The molecule has 0 fully saturated rings. The van der Waals surface area contributed by atoms with Crippen LogP contribution in [0.2, 0.25) is 0 Å². The van der Waals surface area contributed by atoms with Crippen LogP contribution in [-0.4, -0.2) is 16.6 Å². The highest BCUT2D eigenvalue weighted by atomic mass is 79.9. The largest absolute Gasteiger partial charge is 0.493 e. The molecule has 0 saturated heterocycles. The first kappa shape index (κ1) is 20.8. The Bertz CT molecular complexity index is 1120. The molecular formula is C21H18BrF4N3O. The van der Waals surface area contributed by atoms with Gasteiger partial charge in [0.1, 0.15) is 23.2 Å². The number of fused-ring (bicyclic) bond motifs is 5. The standard InChI is InChI=1S/C21H18BrF4N3O/c1-10-6-7-30-18-12(4-3-5-14(18)21(24,25)26)11(2)27-20-13-8-15(22)16(23)9-17(13)28-19(10)29-20/h3-5,8-11H,6-7H2,1-2H3,(H,27,28,29)/t10?,11-/m1/s1. The molecule has 0 spiro atoms. The van der Waals surface area contributed by atoms with E-state index in [-0.39, 0.29) is 22.7 Å². The monoisotopic (exact) mass is 483 g/mol. The number of nitrogens with zero attached hydrogens (tertiary/aromatic N) is 2. The minimum Gasteiger partial charge on any atom is -0.493 e.